The van der Waals surface area contributed by atoms with Gasteiger partial charge in [0.1, 0.15) is 5.75 Å². The molecule has 0 spiro atoms. The topological polar surface area (TPSA) is 98.3 Å². The zero-order valence-electron chi connectivity index (χ0n) is 9.78. The fourth-order valence-corrected chi connectivity index (χ4v) is 2.81. The van der Waals surface area contributed by atoms with Gasteiger partial charge in [0.05, 0.1) is 12.2 Å². The van der Waals surface area contributed by atoms with Gasteiger partial charge in [0, 0.05) is 5.75 Å². The van der Waals surface area contributed by atoms with Crippen molar-refractivity contribution >= 4 is 34.2 Å². The highest BCUT2D eigenvalue weighted by Crippen LogP contribution is 2.23. The molecule has 1 heterocycles. The zero-order chi connectivity index (χ0) is 13.7. The molecule has 8 heteroatoms. The lowest BCUT2D eigenvalue weighted by molar-refractivity contribution is 0.0696. The number of anilines is 1. The first-order chi connectivity index (χ1) is 9.15. The van der Waals surface area contributed by atoms with Crippen LogP contribution in [0.2, 0.25) is 0 Å². The van der Waals surface area contributed by atoms with E-state index in [2.05, 4.69) is 10.2 Å². The van der Waals surface area contributed by atoms with Gasteiger partial charge >= 0.3 is 5.97 Å². The third-order valence-electron chi connectivity index (χ3n) is 2.08. The van der Waals surface area contributed by atoms with Crippen LogP contribution in [0.15, 0.2) is 28.6 Å². The van der Waals surface area contributed by atoms with Crippen molar-refractivity contribution in [2.24, 2.45) is 0 Å². The van der Waals surface area contributed by atoms with Gasteiger partial charge in [-0.1, -0.05) is 29.2 Å². The second kappa shape index (κ2) is 6.39. The maximum absolute atomic E-state index is 10.8. The summed E-state index contributed by atoms with van der Waals surface area (Å²) in [4.78, 5) is 10.8. The first-order valence-electron chi connectivity index (χ1n) is 5.33. The zero-order valence-corrected chi connectivity index (χ0v) is 11.4. The third kappa shape index (κ3) is 4.11. The molecule has 3 N–H and O–H groups in total. The molecule has 0 atom stereocenters. The summed E-state index contributed by atoms with van der Waals surface area (Å²) in [5, 5.41) is 16.9. The lowest BCUT2D eigenvalue weighted by Gasteiger charge is -2.05. The number of carboxylic acid groups (broad SMARTS) is 1. The summed E-state index contributed by atoms with van der Waals surface area (Å²) in [5.74, 6) is 0.257. The maximum atomic E-state index is 10.8. The number of nitrogen functional groups attached to an aromatic ring is 1. The second-order valence-electron chi connectivity index (χ2n) is 3.44. The molecule has 0 fully saturated rings. The van der Waals surface area contributed by atoms with Gasteiger partial charge in [0.25, 0.3) is 0 Å². The number of rotatable bonds is 6. The van der Waals surface area contributed by atoms with E-state index in [0.29, 0.717) is 23.2 Å². The van der Waals surface area contributed by atoms with Crippen LogP contribution in [-0.2, 0) is 0 Å². The lowest BCUT2D eigenvalue weighted by Crippen LogP contribution is -2.02. The maximum Gasteiger partial charge on any atom is 0.335 e. The van der Waals surface area contributed by atoms with E-state index in [1.54, 1.807) is 12.1 Å². The SMILES string of the molecule is Nc1nnc(SCCOc2cccc(C(=O)O)c2)s1. The van der Waals surface area contributed by atoms with Crippen LogP contribution < -0.4 is 10.5 Å². The molecule has 2 aromatic rings. The molecule has 0 aliphatic carbocycles. The van der Waals surface area contributed by atoms with Crippen LogP contribution in [0.5, 0.6) is 5.75 Å². The van der Waals surface area contributed by atoms with Crippen molar-refractivity contribution in [3.05, 3.63) is 29.8 Å². The molecule has 0 unspecified atom stereocenters. The van der Waals surface area contributed by atoms with E-state index in [-0.39, 0.29) is 5.56 Å². The normalized spacial score (nSPS) is 10.3. The Morgan fingerprint density at radius 1 is 1.47 bits per heavy atom. The van der Waals surface area contributed by atoms with Gasteiger partial charge in [-0.15, -0.1) is 10.2 Å². The summed E-state index contributed by atoms with van der Waals surface area (Å²) in [7, 11) is 0. The van der Waals surface area contributed by atoms with Gasteiger partial charge in [0.2, 0.25) is 5.13 Å². The molecule has 1 aromatic carbocycles. The van der Waals surface area contributed by atoms with Gasteiger partial charge in [-0.2, -0.15) is 0 Å². The van der Waals surface area contributed by atoms with E-state index in [1.165, 1.54) is 35.2 Å². The summed E-state index contributed by atoms with van der Waals surface area (Å²) in [6, 6.07) is 6.39. The molecule has 0 bridgehead atoms. The van der Waals surface area contributed by atoms with Crippen LogP contribution in [0.1, 0.15) is 10.4 Å². The molecule has 2 rings (SSSR count). The number of aromatic nitrogens is 2. The molecule has 0 aliphatic heterocycles. The Morgan fingerprint density at radius 2 is 2.32 bits per heavy atom. The molecule has 0 amide bonds. The van der Waals surface area contributed by atoms with Gasteiger partial charge in [-0.3, -0.25) is 0 Å². The molecule has 0 radical (unpaired) electrons. The van der Waals surface area contributed by atoms with Crippen molar-refractivity contribution in [1.29, 1.82) is 0 Å². The van der Waals surface area contributed by atoms with Crippen LogP contribution in [-0.4, -0.2) is 33.6 Å². The average Bonchev–Trinajstić information content (AvgIpc) is 2.81. The molecular weight excluding hydrogens is 286 g/mol. The number of nitrogens with two attached hydrogens (primary N) is 1. The van der Waals surface area contributed by atoms with Crippen LogP contribution >= 0.6 is 23.1 Å². The average molecular weight is 297 g/mol. The van der Waals surface area contributed by atoms with E-state index >= 15 is 0 Å². The molecule has 0 saturated heterocycles. The second-order valence-corrected chi connectivity index (χ2v) is 5.79. The van der Waals surface area contributed by atoms with E-state index in [0.717, 1.165) is 4.34 Å². The van der Waals surface area contributed by atoms with Gasteiger partial charge < -0.3 is 15.6 Å². The van der Waals surface area contributed by atoms with Crippen LogP contribution in [0.3, 0.4) is 0 Å². The number of nitrogens with zero attached hydrogens (tertiary/aromatic N) is 2. The van der Waals surface area contributed by atoms with E-state index in [9.17, 15) is 4.79 Å². The van der Waals surface area contributed by atoms with Crippen LogP contribution in [0.25, 0.3) is 0 Å². The molecular formula is C11H11N3O3S2. The Hall–Kier alpha value is -1.80. The Bertz CT molecular complexity index is 574. The van der Waals surface area contributed by atoms with Crippen LogP contribution in [0, 0.1) is 0 Å². The molecule has 0 saturated carbocycles. The number of hydrogen-bond acceptors (Lipinski definition) is 7. The summed E-state index contributed by atoms with van der Waals surface area (Å²) in [6.45, 7) is 0.452. The minimum absolute atomic E-state index is 0.210. The summed E-state index contributed by atoms with van der Waals surface area (Å²) < 4.78 is 6.26. The fourth-order valence-electron chi connectivity index (χ4n) is 1.29. The van der Waals surface area contributed by atoms with E-state index in [1.807, 2.05) is 0 Å². The Labute approximate surface area is 117 Å². The highest BCUT2D eigenvalue weighted by Gasteiger charge is 2.04. The minimum atomic E-state index is -0.968. The van der Waals surface area contributed by atoms with Gasteiger partial charge in [-0.05, 0) is 18.2 Å². The number of ether oxygens (including phenoxy) is 1. The van der Waals surface area contributed by atoms with Crippen molar-refractivity contribution in [2.75, 3.05) is 18.1 Å². The summed E-state index contributed by atoms with van der Waals surface area (Å²) in [6.07, 6.45) is 0. The number of aromatic carboxylic acids is 1. The Balaban J connectivity index is 1.79. The molecule has 0 aliphatic rings. The summed E-state index contributed by atoms with van der Waals surface area (Å²) >= 11 is 2.82. The highest BCUT2D eigenvalue weighted by molar-refractivity contribution is 8.01. The third-order valence-corrected chi connectivity index (χ3v) is 3.93. The fraction of sp³-hybridized carbons (Fsp3) is 0.182. The minimum Gasteiger partial charge on any atom is -0.493 e. The van der Waals surface area contributed by atoms with Crippen molar-refractivity contribution < 1.29 is 14.6 Å². The Kier molecular flexibility index (Phi) is 4.58. The monoisotopic (exact) mass is 297 g/mol. The lowest BCUT2D eigenvalue weighted by atomic mass is 10.2. The first-order valence-corrected chi connectivity index (χ1v) is 7.13. The number of carbonyl (C=O) groups is 1. The predicted molar refractivity (Wildman–Crippen MR) is 73.9 cm³/mol. The van der Waals surface area contributed by atoms with Crippen molar-refractivity contribution in [3.8, 4) is 5.75 Å². The largest absolute Gasteiger partial charge is 0.493 e. The predicted octanol–water partition coefficient (Wildman–Crippen LogP) is 1.99. The number of carboxylic acids is 1. The Morgan fingerprint density at radius 3 is 3.00 bits per heavy atom. The van der Waals surface area contributed by atoms with Gasteiger partial charge in [-0.25, -0.2) is 4.79 Å². The molecule has 6 nitrogen and oxygen atoms in total. The van der Waals surface area contributed by atoms with Crippen LogP contribution in [0.4, 0.5) is 5.13 Å². The first kappa shape index (κ1) is 13.6. The van der Waals surface area contributed by atoms with Crippen molar-refractivity contribution in [3.63, 3.8) is 0 Å². The molecule has 1 aromatic heterocycles. The van der Waals surface area contributed by atoms with Gasteiger partial charge in [0.15, 0.2) is 4.34 Å². The molecule has 19 heavy (non-hydrogen) atoms. The standard InChI is InChI=1S/C11H11N3O3S2/c12-10-13-14-11(19-10)18-5-4-17-8-3-1-2-7(6-8)9(15)16/h1-3,6H,4-5H2,(H2,12,13)(H,15,16). The number of thioether (sulfide) groups is 1. The number of benzene rings is 1. The van der Waals surface area contributed by atoms with E-state index < -0.39 is 5.97 Å². The highest BCUT2D eigenvalue weighted by atomic mass is 32.2. The van der Waals surface area contributed by atoms with Crippen molar-refractivity contribution in [2.45, 2.75) is 4.34 Å². The van der Waals surface area contributed by atoms with E-state index in [4.69, 9.17) is 15.6 Å². The molecule has 100 valence electrons. The summed E-state index contributed by atoms with van der Waals surface area (Å²) in [5.41, 5.74) is 5.67. The van der Waals surface area contributed by atoms with Crippen molar-refractivity contribution in [1.82, 2.24) is 10.2 Å². The number of hydrogen-bond donors (Lipinski definition) is 2. The smallest absolute Gasteiger partial charge is 0.335 e. The quantitative estimate of drug-likeness (QED) is 0.621.